The molecule has 25 heavy (non-hydrogen) atoms. The van der Waals surface area contributed by atoms with Crippen LogP contribution in [0, 0.1) is 5.92 Å². The van der Waals surface area contributed by atoms with Crippen molar-refractivity contribution in [2.75, 3.05) is 11.6 Å². The minimum atomic E-state index is -3.61. The largest absolute Gasteiger partial charge is 0.410 e. The quantitative estimate of drug-likeness (QED) is 0.788. The van der Waals surface area contributed by atoms with Crippen LogP contribution >= 0.6 is 11.6 Å². The van der Waals surface area contributed by atoms with Crippen molar-refractivity contribution in [2.24, 2.45) is 5.92 Å². The highest BCUT2D eigenvalue weighted by Gasteiger charge is 2.25. The standard InChI is InChI=1S/C15H19ClN4O4S/c1-9(2)8-12(13-19-20-15(24-13)25(3,22)23)18-14(21)17-11-6-4-10(16)5-7-11/h4-7,9,12H,8H2,1-3H3,(H2,17,18,21)/t12-/m0/s1. The smallest absolute Gasteiger partial charge is 0.335 e. The normalized spacial score (nSPS) is 12.8. The zero-order valence-corrected chi connectivity index (χ0v) is 15.6. The average Bonchev–Trinajstić information content (AvgIpc) is 2.98. The number of rotatable bonds is 6. The van der Waals surface area contributed by atoms with Gasteiger partial charge < -0.3 is 15.1 Å². The third-order valence-corrected chi connectivity index (χ3v) is 4.20. The summed E-state index contributed by atoms with van der Waals surface area (Å²) >= 11 is 5.80. The van der Waals surface area contributed by atoms with Gasteiger partial charge in [0.15, 0.2) is 0 Å². The Morgan fingerprint density at radius 1 is 1.24 bits per heavy atom. The number of amides is 2. The molecule has 0 aliphatic heterocycles. The van der Waals surface area contributed by atoms with Gasteiger partial charge in [0, 0.05) is 17.0 Å². The highest BCUT2D eigenvalue weighted by atomic mass is 35.5. The number of hydrogen-bond donors (Lipinski definition) is 2. The summed E-state index contributed by atoms with van der Waals surface area (Å²) in [5.41, 5.74) is 0.563. The van der Waals surface area contributed by atoms with E-state index >= 15 is 0 Å². The molecule has 0 spiro atoms. The maximum atomic E-state index is 12.2. The summed E-state index contributed by atoms with van der Waals surface area (Å²) in [7, 11) is -3.61. The summed E-state index contributed by atoms with van der Waals surface area (Å²) in [5.74, 6) is 0.245. The molecule has 1 aromatic carbocycles. The van der Waals surface area contributed by atoms with Gasteiger partial charge in [-0.3, -0.25) is 0 Å². The molecule has 136 valence electrons. The van der Waals surface area contributed by atoms with E-state index in [0.29, 0.717) is 17.1 Å². The Morgan fingerprint density at radius 3 is 2.40 bits per heavy atom. The van der Waals surface area contributed by atoms with Crippen LogP contribution in [0.25, 0.3) is 0 Å². The molecular formula is C15H19ClN4O4S. The fourth-order valence-electron chi connectivity index (χ4n) is 2.06. The van der Waals surface area contributed by atoms with E-state index < -0.39 is 27.1 Å². The van der Waals surface area contributed by atoms with Crippen LogP contribution in [0.4, 0.5) is 10.5 Å². The van der Waals surface area contributed by atoms with E-state index in [0.717, 1.165) is 6.26 Å². The lowest BCUT2D eigenvalue weighted by molar-refractivity contribution is 0.241. The number of hydrogen-bond acceptors (Lipinski definition) is 6. The van der Waals surface area contributed by atoms with Gasteiger partial charge in [0.1, 0.15) is 6.04 Å². The lowest BCUT2D eigenvalue weighted by atomic mass is 10.0. The van der Waals surface area contributed by atoms with Crippen molar-refractivity contribution in [3.63, 3.8) is 0 Å². The predicted molar refractivity (Wildman–Crippen MR) is 93.2 cm³/mol. The Morgan fingerprint density at radius 2 is 1.88 bits per heavy atom. The second kappa shape index (κ2) is 7.83. The number of nitrogens with one attached hydrogen (secondary N) is 2. The number of carbonyl (C=O) groups is 1. The topological polar surface area (TPSA) is 114 Å². The van der Waals surface area contributed by atoms with Crippen LogP contribution < -0.4 is 10.6 Å². The molecule has 0 aliphatic rings. The molecule has 2 N–H and O–H groups in total. The minimum Gasteiger partial charge on any atom is -0.410 e. The molecule has 0 saturated carbocycles. The fourth-order valence-corrected chi connectivity index (χ4v) is 2.61. The van der Waals surface area contributed by atoms with E-state index in [4.69, 9.17) is 16.0 Å². The van der Waals surface area contributed by atoms with Crippen molar-refractivity contribution in [2.45, 2.75) is 31.5 Å². The Hall–Kier alpha value is -2.13. The molecule has 2 rings (SSSR count). The van der Waals surface area contributed by atoms with Crippen LogP contribution in [0.1, 0.15) is 32.2 Å². The minimum absolute atomic E-state index is 0.0420. The first-order chi connectivity index (χ1) is 11.6. The zero-order valence-electron chi connectivity index (χ0n) is 14.0. The Kier molecular flexibility index (Phi) is 6.02. The van der Waals surface area contributed by atoms with E-state index in [1.807, 2.05) is 13.8 Å². The lowest BCUT2D eigenvalue weighted by Crippen LogP contribution is -2.33. The summed E-state index contributed by atoms with van der Waals surface area (Å²) in [6, 6.07) is 5.53. The summed E-state index contributed by atoms with van der Waals surface area (Å²) < 4.78 is 28.2. The van der Waals surface area contributed by atoms with Crippen LogP contribution in [-0.4, -0.2) is 30.9 Å². The Balaban J connectivity index is 2.13. The van der Waals surface area contributed by atoms with E-state index in [9.17, 15) is 13.2 Å². The molecule has 10 heteroatoms. The van der Waals surface area contributed by atoms with Gasteiger partial charge >= 0.3 is 11.3 Å². The van der Waals surface area contributed by atoms with E-state index in [1.54, 1.807) is 24.3 Å². The van der Waals surface area contributed by atoms with Crippen molar-refractivity contribution in [3.05, 3.63) is 35.2 Å². The SMILES string of the molecule is CC(C)C[C@H](NC(=O)Nc1ccc(Cl)cc1)c1nnc(S(C)(=O)=O)o1. The molecular weight excluding hydrogens is 368 g/mol. The molecule has 8 nitrogen and oxygen atoms in total. The zero-order chi connectivity index (χ0) is 18.6. The van der Waals surface area contributed by atoms with Crippen molar-refractivity contribution in [3.8, 4) is 0 Å². The van der Waals surface area contributed by atoms with E-state index in [1.165, 1.54) is 0 Å². The van der Waals surface area contributed by atoms with Gasteiger partial charge in [0.2, 0.25) is 15.7 Å². The number of nitrogens with zero attached hydrogens (tertiary/aromatic N) is 2. The highest BCUT2D eigenvalue weighted by molar-refractivity contribution is 7.90. The Labute approximate surface area is 150 Å². The number of benzene rings is 1. The van der Waals surface area contributed by atoms with Gasteiger partial charge in [-0.25, -0.2) is 13.2 Å². The number of carbonyl (C=O) groups excluding carboxylic acids is 1. The van der Waals surface area contributed by atoms with E-state index in [2.05, 4.69) is 20.8 Å². The first kappa shape index (κ1) is 19.2. The summed E-state index contributed by atoms with van der Waals surface area (Å²) in [4.78, 5) is 12.2. The number of sulfone groups is 1. The van der Waals surface area contributed by atoms with Gasteiger partial charge in [-0.05, 0) is 36.6 Å². The first-order valence-corrected chi connectivity index (χ1v) is 9.78. The maximum Gasteiger partial charge on any atom is 0.335 e. The van der Waals surface area contributed by atoms with Crippen molar-refractivity contribution < 1.29 is 17.6 Å². The van der Waals surface area contributed by atoms with Gasteiger partial charge in [-0.1, -0.05) is 30.5 Å². The van der Waals surface area contributed by atoms with E-state index in [-0.39, 0.29) is 11.8 Å². The molecule has 0 bridgehead atoms. The maximum absolute atomic E-state index is 12.2. The monoisotopic (exact) mass is 386 g/mol. The summed E-state index contributed by atoms with van der Waals surface area (Å²) in [6.07, 6.45) is 1.47. The molecule has 0 fully saturated rings. The predicted octanol–water partition coefficient (Wildman–Crippen LogP) is 3.04. The summed E-state index contributed by atoms with van der Waals surface area (Å²) in [5, 5.41) is 12.7. The van der Waals surface area contributed by atoms with Crippen LogP contribution in [0.3, 0.4) is 0 Å². The highest BCUT2D eigenvalue weighted by Crippen LogP contribution is 2.22. The van der Waals surface area contributed by atoms with Crippen molar-refractivity contribution in [1.29, 1.82) is 0 Å². The first-order valence-electron chi connectivity index (χ1n) is 7.51. The van der Waals surface area contributed by atoms with Gasteiger partial charge in [0.25, 0.3) is 0 Å². The second-order valence-corrected chi connectivity index (χ2v) is 8.30. The third kappa shape index (κ3) is 5.71. The summed E-state index contributed by atoms with van der Waals surface area (Å²) in [6.45, 7) is 3.92. The van der Waals surface area contributed by atoms with Crippen LogP contribution in [-0.2, 0) is 9.84 Å². The number of anilines is 1. The third-order valence-electron chi connectivity index (χ3n) is 3.15. The molecule has 0 aliphatic carbocycles. The molecule has 0 radical (unpaired) electrons. The second-order valence-electron chi connectivity index (χ2n) is 5.97. The molecule has 2 amide bonds. The Bertz CT molecular complexity index is 833. The van der Waals surface area contributed by atoms with Crippen molar-refractivity contribution >= 4 is 33.2 Å². The molecule has 1 aromatic heterocycles. The van der Waals surface area contributed by atoms with Crippen molar-refractivity contribution in [1.82, 2.24) is 15.5 Å². The lowest BCUT2D eigenvalue weighted by Gasteiger charge is -2.17. The molecule has 0 unspecified atom stereocenters. The van der Waals surface area contributed by atoms with Gasteiger partial charge in [-0.2, -0.15) is 0 Å². The van der Waals surface area contributed by atoms with Gasteiger partial charge in [-0.15, -0.1) is 5.10 Å². The molecule has 2 aromatic rings. The average molecular weight is 387 g/mol. The number of aromatic nitrogens is 2. The van der Waals surface area contributed by atoms with Gasteiger partial charge in [0.05, 0.1) is 0 Å². The molecule has 0 saturated heterocycles. The number of halogens is 1. The fraction of sp³-hybridized carbons (Fsp3) is 0.400. The van der Waals surface area contributed by atoms with Crippen LogP contribution in [0.15, 0.2) is 33.9 Å². The van der Waals surface area contributed by atoms with Crippen LogP contribution in [0.5, 0.6) is 0 Å². The molecule has 1 heterocycles. The molecule has 1 atom stereocenters. The van der Waals surface area contributed by atoms with Crippen LogP contribution in [0.2, 0.25) is 5.02 Å². The number of urea groups is 1.